The van der Waals surface area contributed by atoms with Crippen molar-refractivity contribution in [2.45, 2.75) is 43.8 Å². The number of para-hydroxylation sites is 2. The smallest absolute Gasteiger partial charge is 0.409 e. The van der Waals surface area contributed by atoms with E-state index in [4.69, 9.17) is 4.74 Å². The number of aromatic nitrogens is 2. The molecule has 0 radical (unpaired) electrons. The third-order valence-corrected chi connectivity index (χ3v) is 10.9. The van der Waals surface area contributed by atoms with E-state index < -0.39 is 30.1 Å². The molecule has 4 aromatic carbocycles. The zero-order chi connectivity index (χ0) is 37.0. The van der Waals surface area contributed by atoms with Crippen molar-refractivity contribution in [3.8, 4) is 11.1 Å². The van der Waals surface area contributed by atoms with Crippen LogP contribution < -0.4 is 16.0 Å². The molecule has 54 heavy (non-hydrogen) atoms. The number of H-pyrrole nitrogens is 2. The number of rotatable bonds is 12. The first-order valence-corrected chi connectivity index (χ1v) is 18.5. The zero-order valence-electron chi connectivity index (χ0n) is 29.7. The van der Waals surface area contributed by atoms with Crippen molar-refractivity contribution in [3.05, 3.63) is 132 Å². The zero-order valence-corrected chi connectivity index (χ0v) is 29.7. The molecular weight excluding hydrogens is 681 g/mol. The molecule has 1 saturated heterocycles. The van der Waals surface area contributed by atoms with E-state index in [1.165, 1.54) is 11.1 Å². The molecule has 4 amide bonds. The van der Waals surface area contributed by atoms with E-state index >= 15 is 0 Å². The normalized spacial score (nSPS) is 15.3. The molecule has 0 spiro atoms. The number of nitrogens with zero attached hydrogens (tertiary/aromatic N) is 1. The molecule has 8 rings (SSSR count). The van der Waals surface area contributed by atoms with E-state index in [9.17, 15) is 19.2 Å². The summed E-state index contributed by atoms with van der Waals surface area (Å²) < 4.78 is 5.88. The fourth-order valence-electron chi connectivity index (χ4n) is 8.06. The van der Waals surface area contributed by atoms with Crippen molar-refractivity contribution in [3.63, 3.8) is 0 Å². The first-order chi connectivity index (χ1) is 26.5. The van der Waals surface area contributed by atoms with Crippen molar-refractivity contribution in [2.75, 3.05) is 19.7 Å². The van der Waals surface area contributed by atoms with E-state index in [2.05, 4.69) is 50.2 Å². The number of carbonyl (C=O) groups is 4. The number of aromatic amines is 2. The van der Waals surface area contributed by atoms with Gasteiger partial charge in [0.15, 0.2) is 0 Å². The van der Waals surface area contributed by atoms with Crippen LogP contribution in [-0.2, 0) is 32.0 Å². The lowest BCUT2D eigenvalue weighted by atomic mass is 9.95. The summed E-state index contributed by atoms with van der Waals surface area (Å²) in [7, 11) is 0. The lowest BCUT2D eigenvalue weighted by molar-refractivity contribution is -0.132. The summed E-state index contributed by atoms with van der Waals surface area (Å²) in [5.74, 6) is -1.09. The average molecular weight is 723 g/mol. The maximum atomic E-state index is 14.0. The second-order valence-electron chi connectivity index (χ2n) is 14.1. The summed E-state index contributed by atoms with van der Waals surface area (Å²) in [4.78, 5) is 60.9. The van der Waals surface area contributed by atoms with Gasteiger partial charge < -0.3 is 35.6 Å². The Balaban J connectivity index is 0.914. The van der Waals surface area contributed by atoms with Gasteiger partial charge in [0.1, 0.15) is 18.8 Å². The molecule has 11 heteroatoms. The monoisotopic (exact) mass is 722 g/mol. The number of fused-ring (bicyclic) bond motifs is 5. The van der Waals surface area contributed by atoms with Crippen molar-refractivity contribution >= 4 is 46.1 Å². The van der Waals surface area contributed by atoms with Gasteiger partial charge in [-0.15, -0.1) is 0 Å². The SMILES string of the molecule is O=CN[C@H](Cc1c[nH]c2ccccc12)NC(=O)[C@@H](Cc1c[nH]c2ccccc12)NC(=O)C1CCN(C(=O)OCC2c3ccccc3-c3ccccc32)CC1. The molecule has 274 valence electrons. The molecule has 5 N–H and O–H groups in total. The number of benzene rings is 4. The van der Waals surface area contributed by atoms with Crippen molar-refractivity contribution in [1.82, 2.24) is 30.8 Å². The Morgan fingerprint density at radius 2 is 1.30 bits per heavy atom. The molecule has 2 aliphatic rings. The molecule has 0 bridgehead atoms. The molecule has 0 unspecified atom stereocenters. The Morgan fingerprint density at radius 3 is 1.91 bits per heavy atom. The Labute approximate surface area is 312 Å². The van der Waals surface area contributed by atoms with E-state index in [-0.39, 0.29) is 24.9 Å². The average Bonchev–Trinajstić information content (AvgIpc) is 3.90. The summed E-state index contributed by atoms with van der Waals surface area (Å²) in [6.45, 7) is 0.964. The molecule has 3 heterocycles. The lowest BCUT2D eigenvalue weighted by Crippen LogP contribution is -2.56. The van der Waals surface area contributed by atoms with Gasteiger partial charge in [-0.3, -0.25) is 14.4 Å². The van der Waals surface area contributed by atoms with E-state index in [0.29, 0.717) is 38.8 Å². The number of likely N-dealkylation sites (tertiary alicyclic amines) is 1. The highest BCUT2D eigenvalue weighted by atomic mass is 16.6. The molecule has 6 aromatic rings. The van der Waals surface area contributed by atoms with Gasteiger partial charge in [0.2, 0.25) is 18.2 Å². The molecule has 1 aliphatic heterocycles. The van der Waals surface area contributed by atoms with Crippen LogP contribution in [0.4, 0.5) is 4.79 Å². The number of carbonyl (C=O) groups excluding carboxylic acids is 4. The highest BCUT2D eigenvalue weighted by Crippen LogP contribution is 2.44. The van der Waals surface area contributed by atoms with Gasteiger partial charge in [-0.25, -0.2) is 4.79 Å². The Hall–Kier alpha value is -6.36. The van der Waals surface area contributed by atoms with Crippen LogP contribution in [0.2, 0.25) is 0 Å². The van der Waals surface area contributed by atoms with Crippen molar-refractivity contribution in [1.29, 1.82) is 0 Å². The van der Waals surface area contributed by atoms with Crippen molar-refractivity contribution in [2.24, 2.45) is 5.92 Å². The molecule has 1 fully saturated rings. The van der Waals surface area contributed by atoms with Crippen LogP contribution in [-0.4, -0.2) is 71.1 Å². The minimum absolute atomic E-state index is 0.0337. The van der Waals surface area contributed by atoms with Crippen molar-refractivity contribution < 1.29 is 23.9 Å². The third kappa shape index (κ3) is 7.04. The molecule has 2 aromatic heterocycles. The number of piperidine rings is 1. The van der Waals surface area contributed by atoms with Crippen LogP contribution in [0.25, 0.3) is 32.9 Å². The van der Waals surface area contributed by atoms with Gasteiger partial charge in [0.25, 0.3) is 0 Å². The summed E-state index contributed by atoms with van der Waals surface area (Å²) in [5, 5.41) is 10.7. The van der Waals surface area contributed by atoms with Gasteiger partial charge in [-0.05, 0) is 58.4 Å². The first-order valence-electron chi connectivity index (χ1n) is 18.5. The summed E-state index contributed by atoms with van der Waals surface area (Å²) in [6.07, 6.45) is 4.65. The van der Waals surface area contributed by atoms with E-state index in [1.54, 1.807) is 4.90 Å². The fourth-order valence-corrected chi connectivity index (χ4v) is 8.06. The largest absolute Gasteiger partial charge is 0.448 e. The number of hydrogen-bond acceptors (Lipinski definition) is 5. The van der Waals surface area contributed by atoms with Gasteiger partial charge in [-0.2, -0.15) is 0 Å². The van der Waals surface area contributed by atoms with E-state index in [1.807, 2.05) is 85.2 Å². The molecular formula is C43H42N6O5. The molecule has 1 aliphatic carbocycles. The quantitative estimate of drug-likeness (QED) is 0.0804. The predicted octanol–water partition coefficient (Wildman–Crippen LogP) is 5.77. The maximum absolute atomic E-state index is 14.0. The number of amides is 4. The second kappa shape index (κ2) is 15.3. The number of nitrogens with one attached hydrogen (secondary N) is 5. The van der Waals surface area contributed by atoms with Crippen LogP contribution >= 0.6 is 0 Å². The number of hydrogen-bond donors (Lipinski definition) is 5. The van der Waals surface area contributed by atoms with Gasteiger partial charge in [-0.1, -0.05) is 84.9 Å². The first kappa shape index (κ1) is 34.7. The summed E-state index contributed by atoms with van der Waals surface area (Å²) in [6, 6.07) is 31.2. The molecule has 2 atom stereocenters. The van der Waals surface area contributed by atoms with Gasteiger partial charge >= 0.3 is 6.09 Å². The summed E-state index contributed by atoms with van der Waals surface area (Å²) >= 11 is 0. The molecule has 11 nitrogen and oxygen atoms in total. The lowest BCUT2D eigenvalue weighted by Gasteiger charge is -2.32. The Bertz CT molecular complexity index is 2280. The van der Waals surface area contributed by atoms with Crippen LogP contribution in [0.1, 0.15) is 41.0 Å². The van der Waals surface area contributed by atoms with Crippen LogP contribution in [0.15, 0.2) is 109 Å². The van der Waals surface area contributed by atoms with Crippen LogP contribution in [0.5, 0.6) is 0 Å². The van der Waals surface area contributed by atoms with Crippen LogP contribution in [0, 0.1) is 5.92 Å². The fraction of sp³-hybridized carbons (Fsp3) is 0.256. The Morgan fingerprint density at radius 1 is 0.741 bits per heavy atom. The second-order valence-corrected chi connectivity index (χ2v) is 14.1. The van der Waals surface area contributed by atoms with E-state index in [0.717, 1.165) is 44.1 Å². The van der Waals surface area contributed by atoms with Gasteiger partial charge in [0, 0.05) is 72.0 Å². The topological polar surface area (TPSA) is 148 Å². The minimum Gasteiger partial charge on any atom is -0.448 e. The minimum atomic E-state index is -0.921. The maximum Gasteiger partial charge on any atom is 0.409 e. The molecule has 0 saturated carbocycles. The highest BCUT2D eigenvalue weighted by Gasteiger charge is 2.34. The third-order valence-electron chi connectivity index (χ3n) is 10.9. The van der Waals surface area contributed by atoms with Gasteiger partial charge in [0.05, 0.1) is 0 Å². The van der Waals surface area contributed by atoms with Crippen LogP contribution in [0.3, 0.4) is 0 Å². The number of ether oxygens (including phenoxy) is 1. The summed E-state index contributed by atoms with van der Waals surface area (Å²) in [5.41, 5.74) is 8.35. The highest BCUT2D eigenvalue weighted by molar-refractivity contribution is 5.91. The Kier molecular flexibility index (Phi) is 9.85. The predicted molar refractivity (Wildman–Crippen MR) is 206 cm³/mol. The standard InChI is InChI=1S/C43H42N6O5/c50-26-46-40(22-29-24-45-38-16-8-6-10-31(29)38)48-42(52)39(21-28-23-44-37-15-7-5-9-30(28)37)47-41(51)27-17-19-49(20-18-27)43(53)54-25-36-34-13-3-1-11-32(34)33-12-2-4-14-35(33)36/h1-16,23-24,26-27,36,39-40,44-45H,17-22,25H2,(H,46,50)(H,47,51)(H,48,52)/t39-,40+/m1/s1.